The summed E-state index contributed by atoms with van der Waals surface area (Å²) >= 11 is 0. The van der Waals surface area contributed by atoms with E-state index in [4.69, 9.17) is 10.5 Å². The van der Waals surface area contributed by atoms with Gasteiger partial charge in [-0.2, -0.15) is 0 Å². The third kappa shape index (κ3) is 3.56. The van der Waals surface area contributed by atoms with Gasteiger partial charge in [-0.1, -0.05) is 48.5 Å². The lowest BCUT2D eigenvalue weighted by molar-refractivity contribution is -0.145. The van der Waals surface area contributed by atoms with Gasteiger partial charge in [0.2, 0.25) is 0 Å². The van der Waals surface area contributed by atoms with Crippen LogP contribution in [-0.4, -0.2) is 31.7 Å². The first kappa shape index (κ1) is 17.2. The molecule has 5 nitrogen and oxygen atoms in total. The summed E-state index contributed by atoms with van der Waals surface area (Å²) in [4.78, 5) is 23.3. The van der Waals surface area contributed by atoms with Gasteiger partial charge in [0.15, 0.2) is 0 Å². The quantitative estimate of drug-likeness (QED) is 0.819. The molecule has 0 bridgehead atoms. The van der Waals surface area contributed by atoms with Crippen LogP contribution < -0.4 is 5.73 Å². The Hall–Kier alpha value is -2.66. The van der Waals surface area contributed by atoms with Crippen molar-refractivity contribution in [3.63, 3.8) is 0 Å². The van der Waals surface area contributed by atoms with Crippen LogP contribution in [0.25, 0.3) is 11.1 Å². The Balaban J connectivity index is 1.64. The minimum Gasteiger partial charge on any atom is -0.468 e. The summed E-state index contributed by atoms with van der Waals surface area (Å²) in [6.07, 6.45) is 0.301. The molecule has 2 aromatic rings. The number of hydrogen-bond acceptors (Lipinski definition) is 5. The average molecular weight is 339 g/mol. The molecule has 0 fully saturated rings. The van der Waals surface area contributed by atoms with Crippen LogP contribution in [0.2, 0.25) is 0 Å². The highest BCUT2D eigenvalue weighted by Gasteiger charge is 2.29. The first-order valence-corrected chi connectivity index (χ1v) is 8.29. The standard InChI is InChI=1S/C20H21NO4/c1-24-20(23)18(21)10-11-19(22)25-12-17-15-8-4-2-6-13(15)14-7-3-5-9-16(14)17/h2-9,17-18H,10-12,21H2,1H3/t18-/m0/s1. The van der Waals surface area contributed by atoms with Crippen molar-refractivity contribution in [3.05, 3.63) is 59.7 Å². The summed E-state index contributed by atoms with van der Waals surface area (Å²) in [5, 5.41) is 0. The average Bonchev–Trinajstić information content (AvgIpc) is 2.97. The molecule has 2 aromatic carbocycles. The van der Waals surface area contributed by atoms with Gasteiger partial charge in [-0.15, -0.1) is 0 Å². The lowest BCUT2D eigenvalue weighted by Crippen LogP contribution is -2.32. The Kier molecular flexibility index (Phi) is 5.14. The number of nitrogens with two attached hydrogens (primary N) is 1. The number of ether oxygens (including phenoxy) is 2. The van der Waals surface area contributed by atoms with Crippen LogP contribution in [0.1, 0.15) is 29.9 Å². The predicted molar refractivity (Wildman–Crippen MR) is 93.9 cm³/mol. The van der Waals surface area contributed by atoms with Crippen molar-refractivity contribution in [2.45, 2.75) is 24.8 Å². The van der Waals surface area contributed by atoms with Crippen molar-refractivity contribution in [1.82, 2.24) is 0 Å². The van der Waals surface area contributed by atoms with Crippen LogP contribution in [0.4, 0.5) is 0 Å². The van der Waals surface area contributed by atoms with Crippen LogP contribution in [-0.2, 0) is 19.1 Å². The zero-order valence-corrected chi connectivity index (χ0v) is 14.1. The number of fused-ring (bicyclic) bond motifs is 3. The lowest BCUT2D eigenvalue weighted by Gasteiger charge is -2.14. The molecule has 0 aromatic heterocycles. The van der Waals surface area contributed by atoms with E-state index in [1.165, 1.54) is 29.4 Å². The fourth-order valence-electron chi connectivity index (χ4n) is 3.23. The molecule has 3 rings (SSSR count). The Morgan fingerprint density at radius 2 is 1.60 bits per heavy atom. The zero-order valence-electron chi connectivity index (χ0n) is 14.1. The maximum atomic E-state index is 12.0. The van der Waals surface area contributed by atoms with Gasteiger partial charge >= 0.3 is 11.9 Å². The van der Waals surface area contributed by atoms with Gasteiger partial charge in [-0.3, -0.25) is 9.59 Å². The van der Waals surface area contributed by atoms with E-state index in [-0.39, 0.29) is 31.3 Å². The van der Waals surface area contributed by atoms with Gasteiger partial charge in [0.25, 0.3) is 0 Å². The van der Waals surface area contributed by atoms with Gasteiger partial charge in [0, 0.05) is 12.3 Å². The molecule has 25 heavy (non-hydrogen) atoms. The van der Waals surface area contributed by atoms with Crippen LogP contribution in [0.15, 0.2) is 48.5 Å². The predicted octanol–water partition coefficient (Wildman–Crippen LogP) is 2.62. The maximum absolute atomic E-state index is 12.0. The Labute approximate surface area is 146 Å². The minimum absolute atomic E-state index is 0.0330. The third-order valence-electron chi connectivity index (χ3n) is 4.54. The van der Waals surface area contributed by atoms with Crippen LogP contribution in [0, 0.1) is 0 Å². The molecule has 130 valence electrons. The molecule has 1 atom stereocenters. The minimum atomic E-state index is -0.800. The number of carbonyl (C=O) groups is 2. The summed E-state index contributed by atoms with van der Waals surface area (Å²) in [5.41, 5.74) is 10.4. The monoisotopic (exact) mass is 339 g/mol. The number of benzene rings is 2. The molecule has 0 saturated carbocycles. The van der Waals surface area contributed by atoms with E-state index in [0.29, 0.717) is 0 Å². The molecule has 0 radical (unpaired) electrons. The number of carbonyl (C=O) groups excluding carboxylic acids is 2. The fraction of sp³-hybridized carbons (Fsp3) is 0.300. The Morgan fingerprint density at radius 1 is 1.04 bits per heavy atom. The molecule has 5 heteroatoms. The van der Waals surface area contributed by atoms with Crippen LogP contribution in [0.5, 0.6) is 0 Å². The van der Waals surface area contributed by atoms with Crippen molar-refractivity contribution in [3.8, 4) is 11.1 Å². The highest BCUT2D eigenvalue weighted by molar-refractivity contribution is 5.79. The molecular formula is C20H21NO4. The highest BCUT2D eigenvalue weighted by Crippen LogP contribution is 2.44. The van der Waals surface area contributed by atoms with Gasteiger partial charge in [-0.25, -0.2) is 0 Å². The van der Waals surface area contributed by atoms with E-state index in [1.807, 2.05) is 24.3 Å². The molecule has 2 N–H and O–H groups in total. The van der Waals surface area contributed by atoms with E-state index in [2.05, 4.69) is 29.0 Å². The second-order valence-corrected chi connectivity index (χ2v) is 6.08. The smallest absolute Gasteiger partial charge is 0.322 e. The first-order chi connectivity index (χ1) is 12.1. The molecule has 1 aliphatic rings. The van der Waals surface area contributed by atoms with Crippen molar-refractivity contribution in [2.75, 3.05) is 13.7 Å². The van der Waals surface area contributed by atoms with Crippen molar-refractivity contribution in [2.24, 2.45) is 5.73 Å². The van der Waals surface area contributed by atoms with E-state index in [9.17, 15) is 9.59 Å². The summed E-state index contributed by atoms with van der Waals surface area (Å²) in [6, 6.07) is 15.5. The lowest BCUT2D eigenvalue weighted by atomic mass is 9.98. The maximum Gasteiger partial charge on any atom is 0.322 e. The second-order valence-electron chi connectivity index (χ2n) is 6.08. The van der Waals surface area contributed by atoms with Gasteiger partial charge < -0.3 is 15.2 Å². The molecule has 0 unspecified atom stereocenters. The van der Waals surface area contributed by atoms with Gasteiger partial charge in [-0.05, 0) is 28.7 Å². The Morgan fingerprint density at radius 3 is 2.16 bits per heavy atom. The van der Waals surface area contributed by atoms with Crippen LogP contribution in [0.3, 0.4) is 0 Å². The number of hydrogen-bond donors (Lipinski definition) is 1. The van der Waals surface area contributed by atoms with Crippen molar-refractivity contribution in [1.29, 1.82) is 0 Å². The molecule has 0 saturated heterocycles. The van der Waals surface area contributed by atoms with E-state index < -0.39 is 12.0 Å². The molecule has 0 spiro atoms. The van der Waals surface area contributed by atoms with E-state index in [1.54, 1.807) is 0 Å². The SMILES string of the molecule is COC(=O)[C@@H](N)CCC(=O)OCC1c2ccccc2-c2ccccc21. The van der Waals surface area contributed by atoms with Crippen LogP contribution >= 0.6 is 0 Å². The third-order valence-corrected chi connectivity index (χ3v) is 4.54. The number of rotatable bonds is 6. The highest BCUT2D eigenvalue weighted by atomic mass is 16.5. The fourth-order valence-corrected chi connectivity index (χ4v) is 3.23. The van der Waals surface area contributed by atoms with Crippen molar-refractivity contribution >= 4 is 11.9 Å². The van der Waals surface area contributed by atoms with Gasteiger partial charge in [0.1, 0.15) is 12.6 Å². The first-order valence-electron chi connectivity index (χ1n) is 8.29. The topological polar surface area (TPSA) is 78.6 Å². The Bertz CT molecular complexity index is 741. The molecule has 0 amide bonds. The number of esters is 2. The zero-order chi connectivity index (χ0) is 17.8. The summed E-state index contributed by atoms with van der Waals surface area (Å²) in [6.45, 7) is 0.278. The van der Waals surface area contributed by atoms with E-state index in [0.717, 1.165) is 0 Å². The number of methoxy groups -OCH3 is 1. The largest absolute Gasteiger partial charge is 0.468 e. The van der Waals surface area contributed by atoms with Gasteiger partial charge in [0.05, 0.1) is 7.11 Å². The molecular weight excluding hydrogens is 318 g/mol. The summed E-state index contributed by atoms with van der Waals surface area (Å²) in [7, 11) is 1.27. The van der Waals surface area contributed by atoms with Crippen molar-refractivity contribution < 1.29 is 19.1 Å². The summed E-state index contributed by atoms with van der Waals surface area (Å²) < 4.78 is 10.0. The second kappa shape index (κ2) is 7.49. The molecule has 1 aliphatic carbocycles. The summed E-state index contributed by atoms with van der Waals surface area (Å²) in [5.74, 6) is -0.849. The van der Waals surface area contributed by atoms with E-state index >= 15 is 0 Å². The molecule has 0 aliphatic heterocycles. The molecule has 0 heterocycles. The normalized spacial score (nSPS) is 13.7.